The molecule has 98 valence electrons. The highest BCUT2D eigenvalue weighted by atomic mass is 16.5. The minimum absolute atomic E-state index is 0.0685. The monoisotopic (exact) mass is 261 g/mol. The summed E-state index contributed by atoms with van der Waals surface area (Å²) in [6.45, 7) is 0. The van der Waals surface area contributed by atoms with E-state index in [-0.39, 0.29) is 11.6 Å². The summed E-state index contributed by atoms with van der Waals surface area (Å²) in [4.78, 5) is 26.9. The molecule has 0 aromatic carbocycles. The van der Waals surface area contributed by atoms with Crippen molar-refractivity contribution >= 4 is 11.9 Å². The van der Waals surface area contributed by atoms with Gasteiger partial charge < -0.3 is 9.47 Å². The molecule has 0 fully saturated rings. The van der Waals surface area contributed by atoms with E-state index in [0.717, 1.165) is 0 Å². The van der Waals surface area contributed by atoms with Gasteiger partial charge in [0.1, 0.15) is 0 Å². The van der Waals surface area contributed by atoms with Crippen LogP contribution in [0.3, 0.4) is 0 Å². The van der Waals surface area contributed by atoms with E-state index in [0.29, 0.717) is 5.56 Å². The molecule has 0 aliphatic carbocycles. The lowest BCUT2D eigenvalue weighted by Crippen LogP contribution is -2.11. The molecule has 7 heteroatoms. The minimum Gasteiger partial charge on any atom is -0.464 e. The molecule has 0 aliphatic heterocycles. The van der Waals surface area contributed by atoms with Crippen LogP contribution in [0.15, 0.2) is 30.6 Å². The Labute approximate surface area is 108 Å². The molecule has 0 spiro atoms. The number of aromatic nitrogens is 3. The van der Waals surface area contributed by atoms with E-state index in [1.165, 1.54) is 24.1 Å². The van der Waals surface area contributed by atoms with Crippen LogP contribution in [0.2, 0.25) is 0 Å². The second-order valence-corrected chi connectivity index (χ2v) is 3.61. The summed E-state index contributed by atoms with van der Waals surface area (Å²) >= 11 is 0. The van der Waals surface area contributed by atoms with Crippen LogP contribution in [0, 0.1) is 0 Å². The lowest BCUT2D eigenvalue weighted by atomic mass is 10.3. The van der Waals surface area contributed by atoms with Crippen LogP contribution in [0.1, 0.15) is 20.8 Å². The number of pyridine rings is 1. The topological polar surface area (TPSA) is 83.3 Å². The predicted molar refractivity (Wildman–Crippen MR) is 63.7 cm³/mol. The van der Waals surface area contributed by atoms with E-state index in [4.69, 9.17) is 4.74 Å². The van der Waals surface area contributed by atoms with Gasteiger partial charge in [-0.1, -0.05) is 0 Å². The van der Waals surface area contributed by atoms with Crippen LogP contribution in [0.25, 0.3) is 0 Å². The third-order valence-corrected chi connectivity index (χ3v) is 2.33. The summed E-state index contributed by atoms with van der Waals surface area (Å²) in [6.07, 6.45) is 2.94. The van der Waals surface area contributed by atoms with E-state index < -0.39 is 11.9 Å². The highest BCUT2D eigenvalue weighted by Crippen LogP contribution is 2.14. The molecular weight excluding hydrogens is 250 g/mol. The predicted octanol–water partition coefficient (Wildman–Crippen LogP) is 0.821. The zero-order valence-electron chi connectivity index (χ0n) is 10.4. The molecule has 0 amide bonds. The molecule has 2 rings (SSSR count). The van der Waals surface area contributed by atoms with Gasteiger partial charge in [-0.25, -0.2) is 14.3 Å². The first-order chi connectivity index (χ1) is 9.11. The number of aryl methyl sites for hydroxylation is 1. The maximum Gasteiger partial charge on any atom is 0.358 e. The Morgan fingerprint density at radius 2 is 2.11 bits per heavy atom. The number of carbonyl (C=O) groups excluding carboxylic acids is 2. The fourth-order valence-corrected chi connectivity index (χ4v) is 1.39. The molecule has 0 bridgehead atoms. The van der Waals surface area contributed by atoms with Crippen LogP contribution in [-0.4, -0.2) is 33.8 Å². The van der Waals surface area contributed by atoms with Crippen LogP contribution < -0.4 is 4.74 Å². The quantitative estimate of drug-likeness (QED) is 0.761. The van der Waals surface area contributed by atoms with Crippen molar-refractivity contribution in [2.24, 2.45) is 7.05 Å². The third-order valence-electron chi connectivity index (χ3n) is 2.33. The van der Waals surface area contributed by atoms with Crippen LogP contribution in [0.5, 0.6) is 5.88 Å². The van der Waals surface area contributed by atoms with E-state index >= 15 is 0 Å². The molecule has 0 N–H and O–H groups in total. The molecule has 0 atom stereocenters. The van der Waals surface area contributed by atoms with Gasteiger partial charge in [0.05, 0.1) is 12.7 Å². The largest absolute Gasteiger partial charge is 0.464 e. The van der Waals surface area contributed by atoms with Crippen molar-refractivity contribution in [1.82, 2.24) is 14.8 Å². The lowest BCUT2D eigenvalue weighted by Gasteiger charge is -2.02. The average molecular weight is 261 g/mol. The van der Waals surface area contributed by atoms with Gasteiger partial charge >= 0.3 is 11.9 Å². The summed E-state index contributed by atoms with van der Waals surface area (Å²) in [5.74, 6) is -1.03. The Morgan fingerprint density at radius 1 is 1.32 bits per heavy atom. The van der Waals surface area contributed by atoms with Gasteiger partial charge in [0.25, 0.3) is 0 Å². The lowest BCUT2D eigenvalue weighted by molar-refractivity contribution is 0.0592. The second-order valence-electron chi connectivity index (χ2n) is 3.61. The molecule has 0 radical (unpaired) electrons. The van der Waals surface area contributed by atoms with Crippen molar-refractivity contribution in [2.75, 3.05) is 7.11 Å². The number of hydrogen-bond donors (Lipinski definition) is 0. The van der Waals surface area contributed by atoms with Crippen molar-refractivity contribution in [3.63, 3.8) is 0 Å². The van der Waals surface area contributed by atoms with Crippen molar-refractivity contribution in [1.29, 1.82) is 0 Å². The first-order valence-corrected chi connectivity index (χ1v) is 5.36. The number of ether oxygens (including phenoxy) is 2. The maximum absolute atomic E-state index is 11.8. The summed E-state index contributed by atoms with van der Waals surface area (Å²) in [5.41, 5.74) is 0.377. The number of carbonyl (C=O) groups is 2. The summed E-state index contributed by atoms with van der Waals surface area (Å²) in [7, 11) is 2.80. The number of methoxy groups -OCH3 is 1. The summed E-state index contributed by atoms with van der Waals surface area (Å²) < 4.78 is 10.9. The van der Waals surface area contributed by atoms with Gasteiger partial charge in [0.15, 0.2) is 5.69 Å². The van der Waals surface area contributed by atoms with Gasteiger partial charge in [-0.15, -0.1) is 0 Å². The highest BCUT2D eigenvalue weighted by Gasteiger charge is 2.17. The fraction of sp³-hybridized carbons (Fsp3) is 0.167. The molecule has 2 aromatic rings. The van der Waals surface area contributed by atoms with E-state index in [1.807, 2.05) is 0 Å². The molecule has 0 aliphatic rings. The molecule has 19 heavy (non-hydrogen) atoms. The molecule has 7 nitrogen and oxygen atoms in total. The second kappa shape index (κ2) is 5.30. The van der Waals surface area contributed by atoms with Crippen molar-refractivity contribution in [3.8, 4) is 5.88 Å². The zero-order chi connectivity index (χ0) is 13.8. The standard InChI is InChI=1S/C12H11N3O4/c1-15-10(6-9(14-15)12(17)18-2)19-11(16)8-4-3-5-13-7-8/h3-7H,1-2H3. The third kappa shape index (κ3) is 2.76. The van der Waals surface area contributed by atoms with Crippen LogP contribution in [0.4, 0.5) is 0 Å². The van der Waals surface area contributed by atoms with E-state index in [1.54, 1.807) is 25.4 Å². The number of hydrogen-bond acceptors (Lipinski definition) is 6. The molecule has 0 unspecified atom stereocenters. The molecule has 0 saturated heterocycles. The van der Waals surface area contributed by atoms with Gasteiger partial charge in [-0.05, 0) is 12.1 Å². The Kier molecular flexibility index (Phi) is 3.56. The average Bonchev–Trinajstić information content (AvgIpc) is 2.80. The smallest absolute Gasteiger partial charge is 0.358 e. The molecule has 2 aromatic heterocycles. The first-order valence-electron chi connectivity index (χ1n) is 5.36. The molecular formula is C12H11N3O4. The van der Waals surface area contributed by atoms with Crippen molar-refractivity contribution in [3.05, 3.63) is 41.9 Å². The first kappa shape index (κ1) is 12.7. The number of nitrogens with zero attached hydrogens (tertiary/aromatic N) is 3. The Hall–Kier alpha value is -2.70. The molecule has 0 saturated carbocycles. The molecule has 2 heterocycles. The van der Waals surface area contributed by atoms with Gasteiger partial charge in [0, 0.05) is 25.5 Å². The van der Waals surface area contributed by atoms with Gasteiger partial charge in [-0.2, -0.15) is 5.10 Å². The Morgan fingerprint density at radius 3 is 2.74 bits per heavy atom. The number of rotatable bonds is 3. The van der Waals surface area contributed by atoms with Crippen molar-refractivity contribution in [2.45, 2.75) is 0 Å². The van der Waals surface area contributed by atoms with Crippen LogP contribution >= 0.6 is 0 Å². The van der Waals surface area contributed by atoms with Gasteiger partial charge in [-0.3, -0.25) is 4.98 Å². The normalized spacial score (nSPS) is 10.0. The van der Waals surface area contributed by atoms with E-state index in [2.05, 4.69) is 14.8 Å². The van der Waals surface area contributed by atoms with Crippen LogP contribution in [-0.2, 0) is 11.8 Å². The van der Waals surface area contributed by atoms with Gasteiger partial charge in [0.2, 0.25) is 5.88 Å². The highest BCUT2D eigenvalue weighted by molar-refractivity contribution is 5.91. The zero-order valence-corrected chi connectivity index (χ0v) is 10.4. The van der Waals surface area contributed by atoms with E-state index in [9.17, 15) is 9.59 Å². The minimum atomic E-state index is -0.598. The Bertz CT molecular complexity index is 607. The Balaban J connectivity index is 2.18. The fourth-order valence-electron chi connectivity index (χ4n) is 1.39. The summed E-state index contributed by atoms with van der Waals surface area (Å²) in [6, 6.07) is 4.53. The maximum atomic E-state index is 11.8. The number of esters is 2. The van der Waals surface area contributed by atoms with Crippen molar-refractivity contribution < 1.29 is 19.1 Å². The SMILES string of the molecule is COC(=O)c1cc(OC(=O)c2cccnc2)n(C)n1. The summed E-state index contributed by atoms with van der Waals surface area (Å²) in [5, 5.41) is 3.88.